The molecule has 3 unspecified atom stereocenters. The van der Waals surface area contributed by atoms with Crippen LogP contribution in [0.5, 0.6) is 0 Å². The van der Waals surface area contributed by atoms with Crippen molar-refractivity contribution in [2.45, 2.75) is 50.8 Å². The van der Waals surface area contributed by atoms with Gasteiger partial charge >= 0.3 is 0 Å². The average molecular weight is 335 g/mol. The Morgan fingerprint density at radius 1 is 1.39 bits per heavy atom. The van der Waals surface area contributed by atoms with Gasteiger partial charge in [0, 0.05) is 17.8 Å². The fourth-order valence-electron chi connectivity index (χ4n) is 3.31. The summed E-state index contributed by atoms with van der Waals surface area (Å²) in [4.78, 5) is 0. The minimum Gasteiger partial charge on any atom is -0.251 e. The van der Waals surface area contributed by atoms with Crippen molar-refractivity contribution in [1.82, 2.24) is 15.0 Å². The van der Waals surface area contributed by atoms with Crippen LogP contribution in [0, 0.1) is 11.8 Å². The zero-order valence-electron chi connectivity index (χ0n) is 11.5. The highest BCUT2D eigenvalue weighted by Crippen LogP contribution is 2.45. The van der Waals surface area contributed by atoms with Crippen molar-refractivity contribution in [2.24, 2.45) is 18.9 Å². The van der Waals surface area contributed by atoms with E-state index in [1.807, 2.05) is 11.7 Å². The molecule has 0 saturated heterocycles. The number of aryl methyl sites for hydroxylation is 1. The molecule has 1 saturated carbocycles. The van der Waals surface area contributed by atoms with E-state index in [1.54, 1.807) is 0 Å². The molecule has 0 aliphatic heterocycles. The van der Waals surface area contributed by atoms with Crippen LogP contribution in [0.15, 0.2) is 4.60 Å². The molecule has 102 valence electrons. The van der Waals surface area contributed by atoms with Crippen LogP contribution in [0.3, 0.4) is 0 Å². The summed E-state index contributed by atoms with van der Waals surface area (Å²) in [5.74, 6) is 1.22. The van der Waals surface area contributed by atoms with Crippen molar-refractivity contribution in [3.63, 3.8) is 0 Å². The van der Waals surface area contributed by atoms with Crippen LogP contribution in [-0.4, -0.2) is 20.4 Å². The lowest BCUT2D eigenvalue weighted by Gasteiger charge is -2.41. The highest BCUT2D eigenvalue weighted by molar-refractivity contribution is 9.10. The van der Waals surface area contributed by atoms with E-state index in [4.69, 9.17) is 11.6 Å². The van der Waals surface area contributed by atoms with E-state index in [2.05, 4.69) is 47.0 Å². The Morgan fingerprint density at radius 2 is 2.06 bits per heavy atom. The van der Waals surface area contributed by atoms with E-state index in [9.17, 15) is 0 Å². The van der Waals surface area contributed by atoms with Gasteiger partial charge in [0.1, 0.15) is 0 Å². The molecule has 18 heavy (non-hydrogen) atoms. The molecule has 3 atom stereocenters. The van der Waals surface area contributed by atoms with E-state index in [0.29, 0.717) is 5.92 Å². The predicted octanol–water partition coefficient (Wildman–Crippen LogP) is 3.90. The van der Waals surface area contributed by atoms with Gasteiger partial charge in [0.25, 0.3) is 0 Å². The van der Waals surface area contributed by atoms with E-state index in [0.717, 1.165) is 22.6 Å². The summed E-state index contributed by atoms with van der Waals surface area (Å²) >= 11 is 10.1. The SMILES string of the molecule is CC1CCC(C(C)(C)c2c(Br)nnn2C)C(Cl)C1. The number of hydrogen-bond acceptors (Lipinski definition) is 2. The van der Waals surface area contributed by atoms with Gasteiger partial charge in [0.2, 0.25) is 0 Å². The van der Waals surface area contributed by atoms with Gasteiger partial charge < -0.3 is 0 Å². The number of rotatable bonds is 2. The standard InChI is InChI=1S/C13H21BrClN3/c1-8-5-6-9(10(15)7-8)13(2,3)11-12(14)16-17-18(11)4/h8-10H,5-7H2,1-4H3. The van der Waals surface area contributed by atoms with Gasteiger partial charge in [-0.1, -0.05) is 32.4 Å². The van der Waals surface area contributed by atoms with Gasteiger partial charge in [-0.2, -0.15) is 0 Å². The topological polar surface area (TPSA) is 30.7 Å². The number of nitrogens with zero attached hydrogens (tertiary/aromatic N) is 3. The second-order valence-electron chi connectivity index (χ2n) is 6.11. The lowest BCUT2D eigenvalue weighted by molar-refractivity contribution is 0.199. The maximum Gasteiger partial charge on any atom is 0.152 e. The fraction of sp³-hybridized carbons (Fsp3) is 0.846. The van der Waals surface area contributed by atoms with Crippen LogP contribution in [0.2, 0.25) is 0 Å². The molecule has 0 N–H and O–H groups in total. The Bertz CT molecular complexity index is 410. The van der Waals surface area contributed by atoms with E-state index >= 15 is 0 Å². The minimum atomic E-state index is -0.0103. The predicted molar refractivity (Wildman–Crippen MR) is 77.9 cm³/mol. The molecule has 0 radical (unpaired) electrons. The Balaban J connectivity index is 2.31. The van der Waals surface area contributed by atoms with Gasteiger partial charge in [0.15, 0.2) is 4.60 Å². The molecule has 3 nitrogen and oxygen atoms in total. The first-order valence-electron chi connectivity index (χ1n) is 6.53. The van der Waals surface area contributed by atoms with Crippen molar-refractivity contribution >= 4 is 27.5 Å². The Kier molecular flexibility index (Phi) is 4.07. The third kappa shape index (κ3) is 2.46. The molecule has 0 bridgehead atoms. The summed E-state index contributed by atoms with van der Waals surface area (Å²) < 4.78 is 2.71. The monoisotopic (exact) mass is 333 g/mol. The number of aromatic nitrogens is 3. The summed E-state index contributed by atoms with van der Waals surface area (Å²) in [6.07, 6.45) is 3.55. The second-order valence-corrected chi connectivity index (χ2v) is 7.43. The summed E-state index contributed by atoms with van der Waals surface area (Å²) in [5.41, 5.74) is 1.14. The molecule has 1 aromatic heterocycles. The quantitative estimate of drug-likeness (QED) is 0.768. The van der Waals surface area contributed by atoms with Crippen LogP contribution in [0.4, 0.5) is 0 Å². The minimum absolute atomic E-state index is 0.0103. The molecular weight excluding hydrogens is 314 g/mol. The highest BCUT2D eigenvalue weighted by atomic mass is 79.9. The fourth-order valence-corrected chi connectivity index (χ4v) is 4.90. The Hall–Kier alpha value is -0.0900. The summed E-state index contributed by atoms with van der Waals surface area (Å²) in [5, 5.41) is 8.44. The Labute approximate surface area is 122 Å². The van der Waals surface area contributed by atoms with Crippen molar-refractivity contribution < 1.29 is 0 Å². The van der Waals surface area contributed by atoms with E-state index in [-0.39, 0.29) is 10.8 Å². The molecule has 5 heteroatoms. The van der Waals surface area contributed by atoms with E-state index in [1.165, 1.54) is 12.8 Å². The average Bonchev–Trinajstić information content (AvgIpc) is 2.58. The maximum atomic E-state index is 6.62. The molecular formula is C13H21BrClN3. The first-order valence-corrected chi connectivity index (χ1v) is 7.76. The number of alkyl halides is 1. The third-order valence-electron chi connectivity index (χ3n) is 4.36. The van der Waals surface area contributed by atoms with Crippen LogP contribution >= 0.6 is 27.5 Å². The zero-order chi connectivity index (χ0) is 13.5. The molecule has 1 aromatic rings. The lowest BCUT2D eigenvalue weighted by atomic mass is 9.67. The van der Waals surface area contributed by atoms with Crippen LogP contribution < -0.4 is 0 Å². The largest absolute Gasteiger partial charge is 0.251 e. The summed E-state index contributed by atoms with van der Waals surface area (Å²) in [6.45, 7) is 6.80. The molecule has 1 aliphatic carbocycles. The van der Waals surface area contributed by atoms with E-state index < -0.39 is 0 Å². The molecule has 0 spiro atoms. The summed E-state index contributed by atoms with van der Waals surface area (Å²) in [6, 6.07) is 0. The van der Waals surface area contributed by atoms with Crippen LogP contribution in [0.25, 0.3) is 0 Å². The molecule has 2 rings (SSSR count). The van der Waals surface area contributed by atoms with Gasteiger partial charge in [-0.3, -0.25) is 4.68 Å². The number of hydrogen-bond donors (Lipinski definition) is 0. The van der Waals surface area contributed by atoms with Gasteiger partial charge in [0.05, 0.1) is 5.69 Å². The third-order valence-corrected chi connectivity index (χ3v) is 5.37. The van der Waals surface area contributed by atoms with Gasteiger partial charge in [-0.15, -0.1) is 16.7 Å². The van der Waals surface area contributed by atoms with Crippen LogP contribution in [-0.2, 0) is 12.5 Å². The van der Waals surface area contributed by atoms with Crippen LogP contribution in [0.1, 0.15) is 45.7 Å². The first kappa shape index (κ1) is 14.3. The lowest BCUT2D eigenvalue weighted by Crippen LogP contribution is -2.40. The maximum absolute atomic E-state index is 6.62. The molecule has 1 fully saturated rings. The highest BCUT2D eigenvalue weighted by Gasteiger charge is 2.42. The molecule has 1 aliphatic rings. The van der Waals surface area contributed by atoms with Crippen molar-refractivity contribution in [1.29, 1.82) is 0 Å². The van der Waals surface area contributed by atoms with Crippen molar-refractivity contribution in [3.8, 4) is 0 Å². The van der Waals surface area contributed by atoms with Crippen molar-refractivity contribution in [2.75, 3.05) is 0 Å². The number of halogens is 2. The Morgan fingerprint density at radius 3 is 2.56 bits per heavy atom. The normalized spacial score (nSPS) is 29.6. The molecule has 0 aromatic carbocycles. The van der Waals surface area contributed by atoms with Gasteiger partial charge in [-0.05, 0) is 40.6 Å². The molecule has 1 heterocycles. The zero-order valence-corrected chi connectivity index (χ0v) is 13.8. The van der Waals surface area contributed by atoms with Crippen molar-refractivity contribution in [3.05, 3.63) is 10.3 Å². The molecule has 0 amide bonds. The first-order chi connectivity index (χ1) is 8.34. The smallest absolute Gasteiger partial charge is 0.152 e. The second kappa shape index (κ2) is 5.12. The summed E-state index contributed by atoms with van der Waals surface area (Å²) in [7, 11) is 1.95. The van der Waals surface area contributed by atoms with Gasteiger partial charge in [-0.25, -0.2) is 0 Å².